The van der Waals surface area contributed by atoms with Crippen molar-refractivity contribution < 1.29 is 9.90 Å². The number of carboxylic acid groups (broad SMARTS) is 1. The Morgan fingerprint density at radius 3 is 2.75 bits per heavy atom. The third kappa shape index (κ3) is 2.33. The number of aromatic carboxylic acids is 1. The van der Waals surface area contributed by atoms with Crippen LogP contribution in [0.5, 0.6) is 0 Å². The largest absolute Gasteiger partial charge is 0.476 e. The summed E-state index contributed by atoms with van der Waals surface area (Å²) < 4.78 is 0. The lowest BCUT2D eigenvalue weighted by molar-refractivity contribution is 0.0692. The number of nitrogens with one attached hydrogen (secondary N) is 2. The molecule has 5 heteroatoms. The smallest absolute Gasteiger partial charge is 0.357 e. The molecule has 0 aliphatic heterocycles. The fourth-order valence-electron chi connectivity index (χ4n) is 2.09. The molecule has 100 valence electrons. The van der Waals surface area contributed by atoms with E-state index < -0.39 is 5.97 Å². The van der Waals surface area contributed by atoms with Crippen LogP contribution in [0.3, 0.4) is 0 Å². The van der Waals surface area contributed by atoms with Gasteiger partial charge in [-0.2, -0.15) is 5.10 Å². The van der Waals surface area contributed by atoms with E-state index >= 15 is 0 Å². The third-order valence-electron chi connectivity index (χ3n) is 3.10. The Morgan fingerprint density at radius 1 is 1.20 bits per heavy atom. The standard InChI is InChI=1S/C15H13N3O2/c19-15(20)14-12-8-11(6-7-13(12)17-18-14)16-9-10-4-2-1-3-5-10/h1-8,16H,9H2,(H,17,18)(H,19,20). The maximum absolute atomic E-state index is 11.1. The van der Waals surface area contributed by atoms with Gasteiger partial charge < -0.3 is 10.4 Å². The predicted octanol–water partition coefficient (Wildman–Crippen LogP) is 2.87. The number of hydrogen-bond donors (Lipinski definition) is 3. The first kappa shape index (κ1) is 12.2. The maximum atomic E-state index is 11.1. The summed E-state index contributed by atoms with van der Waals surface area (Å²) in [6, 6.07) is 15.5. The Kier molecular flexibility index (Phi) is 3.09. The third-order valence-corrected chi connectivity index (χ3v) is 3.10. The van der Waals surface area contributed by atoms with Crippen molar-refractivity contribution in [3.05, 3.63) is 59.8 Å². The molecule has 0 atom stereocenters. The average Bonchev–Trinajstić information content (AvgIpc) is 2.89. The van der Waals surface area contributed by atoms with E-state index in [9.17, 15) is 4.79 Å². The molecule has 0 saturated heterocycles. The Morgan fingerprint density at radius 2 is 2.00 bits per heavy atom. The normalized spacial score (nSPS) is 10.6. The highest BCUT2D eigenvalue weighted by Crippen LogP contribution is 2.21. The Hall–Kier alpha value is -2.82. The maximum Gasteiger partial charge on any atom is 0.357 e. The van der Waals surface area contributed by atoms with Gasteiger partial charge in [-0.1, -0.05) is 30.3 Å². The summed E-state index contributed by atoms with van der Waals surface area (Å²) in [7, 11) is 0. The molecule has 5 nitrogen and oxygen atoms in total. The Bertz CT molecular complexity index is 750. The number of anilines is 1. The molecule has 20 heavy (non-hydrogen) atoms. The molecule has 0 bridgehead atoms. The Balaban J connectivity index is 1.85. The zero-order valence-corrected chi connectivity index (χ0v) is 10.6. The van der Waals surface area contributed by atoms with E-state index in [1.165, 1.54) is 5.56 Å². The van der Waals surface area contributed by atoms with Crippen molar-refractivity contribution in [1.29, 1.82) is 0 Å². The van der Waals surface area contributed by atoms with E-state index in [2.05, 4.69) is 15.5 Å². The van der Waals surface area contributed by atoms with E-state index in [0.29, 0.717) is 17.4 Å². The van der Waals surface area contributed by atoms with Gasteiger partial charge in [0.15, 0.2) is 5.69 Å². The van der Waals surface area contributed by atoms with Crippen LogP contribution in [-0.2, 0) is 6.54 Å². The molecule has 1 heterocycles. The molecule has 0 spiro atoms. The van der Waals surface area contributed by atoms with Crippen LogP contribution >= 0.6 is 0 Å². The molecule has 3 N–H and O–H groups in total. The number of carbonyl (C=O) groups is 1. The Labute approximate surface area is 115 Å². The molecular weight excluding hydrogens is 254 g/mol. The van der Waals surface area contributed by atoms with Gasteiger partial charge in [-0.05, 0) is 23.8 Å². The van der Waals surface area contributed by atoms with Crippen molar-refractivity contribution in [3.63, 3.8) is 0 Å². The van der Waals surface area contributed by atoms with Crippen LogP contribution in [0.2, 0.25) is 0 Å². The highest BCUT2D eigenvalue weighted by Gasteiger charge is 2.12. The molecule has 0 aliphatic rings. The lowest BCUT2D eigenvalue weighted by atomic mass is 10.1. The average molecular weight is 267 g/mol. The fraction of sp³-hybridized carbons (Fsp3) is 0.0667. The number of nitrogens with zero attached hydrogens (tertiary/aromatic N) is 1. The first-order valence-electron chi connectivity index (χ1n) is 6.23. The summed E-state index contributed by atoms with van der Waals surface area (Å²) in [5.74, 6) is -1.03. The van der Waals surface area contributed by atoms with Crippen LogP contribution in [0, 0.1) is 0 Å². The van der Waals surface area contributed by atoms with E-state index in [1.807, 2.05) is 42.5 Å². The molecule has 0 fully saturated rings. The highest BCUT2D eigenvalue weighted by molar-refractivity contribution is 6.01. The number of hydrogen-bond acceptors (Lipinski definition) is 3. The summed E-state index contributed by atoms with van der Waals surface area (Å²) in [5.41, 5.74) is 2.79. The molecule has 0 amide bonds. The zero-order valence-electron chi connectivity index (χ0n) is 10.6. The summed E-state index contributed by atoms with van der Waals surface area (Å²) in [4.78, 5) is 11.1. The minimum atomic E-state index is -1.03. The van der Waals surface area contributed by atoms with Crippen LogP contribution < -0.4 is 5.32 Å². The van der Waals surface area contributed by atoms with Crippen LogP contribution in [0.15, 0.2) is 48.5 Å². The number of H-pyrrole nitrogens is 1. The number of carboxylic acids is 1. The van der Waals surface area contributed by atoms with Gasteiger partial charge in [-0.25, -0.2) is 4.79 Å². The summed E-state index contributed by atoms with van der Waals surface area (Å²) in [6.07, 6.45) is 0. The lowest BCUT2D eigenvalue weighted by Gasteiger charge is -2.06. The van der Waals surface area contributed by atoms with Gasteiger partial charge in [0.25, 0.3) is 0 Å². The monoisotopic (exact) mass is 267 g/mol. The van der Waals surface area contributed by atoms with Crippen molar-refractivity contribution in [2.45, 2.75) is 6.54 Å². The van der Waals surface area contributed by atoms with E-state index in [1.54, 1.807) is 6.07 Å². The molecule has 0 aliphatic carbocycles. The molecular formula is C15H13N3O2. The van der Waals surface area contributed by atoms with Crippen molar-refractivity contribution in [3.8, 4) is 0 Å². The predicted molar refractivity (Wildman–Crippen MR) is 76.8 cm³/mol. The molecule has 1 aromatic heterocycles. The van der Waals surface area contributed by atoms with Gasteiger partial charge in [0.1, 0.15) is 0 Å². The minimum Gasteiger partial charge on any atom is -0.476 e. The summed E-state index contributed by atoms with van der Waals surface area (Å²) in [5, 5.41) is 19.5. The lowest BCUT2D eigenvalue weighted by Crippen LogP contribution is -2.00. The van der Waals surface area contributed by atoms with Crippen LogP contribution in [0.25, 0.3) is 10.9 Å². The van der Waals surface area contributed by atoms with Gasteiger partial charge in [-0.15, -0.1) is 0 Å². The van der Waals surface area contributed by atoms with Gasteiger partial charge in [-0.3, -0.25) is 5.10 Å². The van der Waals surface area contributed by atoms with Crippen LogP contribution in [-0.4, -0.2) is 21.3 Å². The minimum absolute atomic E-state index is 0.0448. The molecule has 3 rings (SSSR count). The number of rotatable bonds is 4. The second-order valence-electron chi connectivity index (χ2n) is 4.48. The number of fused-ring (bicyclic) bond motifs is 1. The quantitative estimate of drug-likeness (QED) is 0.679. The second kappa shape index (κ2) is 5.05. The van der Waals surface area contributed by atoms with Crippen molar-refractivity contribution in [1.82, 2.24) is 10.2 Å². The van der Waals surface area contributed by atoms with Crippen molar-refractivity contribution >= 4 is 22.6 Å². The van der Waals surface area contributed by atoms with Crippen LogP contribution in [0.4, 0.5) is 5.69 Å². The van der Waals surface area contributed by atoms with Gasteiger partial charge in [0.2, 0.25) is 0 Å². The molecule has 2 aromatic carbocycles. The van der Waals surface area contributed by atoms with Gasteiger partial charge in [0, 0.05) is 17.6 Å². The van der Waals surface area contributed by atoms with Crippen molar-refractivity contribution in [2.24, 2.45) is 0 Å². The SMILES string of the molecule is O=C(O)c1n[nH]c2ccc(NCc3ccccc3)cc12. The highest BCUT2D eigenvalue weighted by atomic mass is 16.4. The number of aromatic nitrogens is 2. The molecule has 0 radical (unpaired) electrons. The summed E-state index contributed by atoms with van der Waals surface area (Å²) in [6.45, 7) is 0.687. The van der Waals surface area contributed by atoms with Crippen LogP contribution in [0.1, 0.15) is 16.1 Å². The molecule has 0 saturated carbocycles. The number of benzene rings is 2. The van der Waals surface area contributed by atoms with Crippen molar-refractivity contribution in [2.75, 3.05) is 5.32 Å². The van der Waals surface area contributed by atoms with E-state index in [-0.39, 0.29) is 5.69 Å². The van der Waals surface area contributed by atoms with E-state index in [0.717, 1.165) is 5.69 Å². The first-order chi connectivity index (χ1) is 9.74. The number of aromatic amines is 1. The fourth-order valence-corrected chi connectivity index (χ4v) is 2.09. The van der Waals surface area contributed by atoms with Gasteiger partial charge in [0.05, 0.1) is 5.52 Å². The first-order valence-corrected chi connectivity index (χ1v) is 6.23. The second-order valence-corrected chi connectivity index (χ2v) is 4.48. The van der Waals surface area contributed by atoms with Gasteiger partial charge >= 0.3 is 5.97 Å². The molecule has 3 aromatic rings. The topological polar surface area (TPSA) is 78.0 Å². The summed E-state index contributed by atoms with van der Waals surface area (Å²) >= 11 is 0. The molecule has 0 unspecified atom stereocenters. The zero-order chi connectivity index (χ0) is 13.9. The van der Waals surface area contributed by atoms with E-state index in [4.69, 9.17) is 5.11 Å².